The number of hydrogen-bond acceptors (Lipinski definition) is 6. The Morgan fingerprint density at radius 2 is 1.94 bits per heavy atom. The monoisotopic (exact) mass is 467 g/mol. The fraction of sp³-hybridized carbons (Fsp3) is 0.217. The number of nitrogens with two attached hydrogens (primary N) is 2. The van der Waals surface area contributed by atoms with Gasteiger partial charge in [0, 0.05) is 18.0 Å². The maximum atomic E-state index is 12.8. The predicted molar refractivity (Wildman–Crippen MR) is 128 cm³/mol. The number of carboxylic acids is 1. The Kier molecular flexibility index (Phi) is 7.62. The molecule has 0 radical (unpaired) electrons. The first kappa shape index (κ1) is 23.7. The van der Waals surface area contributed by atoms with Crippen LogP contribution in [-0.2, 0) is 4.79 Å². The molecule has 33 heavy (non-hydrogen) atoms. The topological polar surface area (TPSA) is 153 Å². The van der Waals surface area contributed by atoms with Gasteiger partial charge in [0.15, 0.2) is 5.96 Å². The molecule has 0 bridgehead atoms. The van der Waals surface area contributed by atoms with Crippen LogP contribution in [0, 0.1) is 6.92 Å². The SMILES string of the molecule is COc1ccc(C(CNC(=O)c2cccc(-c3sc(N=C(N)N)nc3C)c2)CC(=O)O)cc1. The molecule has 0 aliphatic heterocycles. The quantitative estimate of drug-likeness (QED) is 0.279. The number of carbonyl (C=O) groups excluding carboxylic acids is 1. The van der Waals surface area contributed by atoms with E-state index in [2.05, 4.69) is 15.3 Å². The van der Waals surface area contributed by atoms with Gasteiger partial charge in [-0.25, -0.2) is 4.98 Å². The third-order valence-electron chi connectivity index (χ3n) is 4.91. The number of thiazole rings is 1. The summed E-state index contributed by atoms with van der Waals surface area (Å²) < 4.78 is 5.15. The molecule has 10 heteroatoms. The van der Waals surface area contributed by atoms with Gasteiger partial charge in [0.25, 0.3) is 5.91 Å². The van der Waals surface area contributed by atoms with Gasteiger partial charge >= 0.3 is 5.97 Å². The maximum absolute atomic E-state index is 12.8. The van der Waals surface area contributed by atoms with Crippen LogP contribution >= 0.6 is 11.3 Å². The third kappa shape index (κ3) is 6.30. The van der Waals surface area contributed by atoms with Gasteiger partial charge in [0.1, 0.15) is 5.75 Å². The lowest BCUT2D eigenvalue weighted by Crippen LogP contribution is -2.29. The lowest BCUT2D eigenvalue weighted by Gasteiger charge is -2.17. The van der Waals surface area contributed by atoms with E-state index in [4.69, 9.17) is 16.2 Å². The molecule has 1 unspecified atom stereocenters. The second-order valence-electron chi connectivity index (χ2n) is 7.31. The van der Waals surface area contributed by atoms with Crippen LogP contribution in [-0.4, -0.2) is 41.6 Å². The summed E-state index contributed by atoms with van der Waals surface area (Å²) in [6, 6.07) is 14.3. The second-order valence-corrected chi connectivity index (χ2v) is 8.28. The van der Waals surface area contributed by atoms with Crippen molar-refractivity contribution in [3.8, 4) is 16.2 Å². The third-order valence-corrected chi connectivity index (χ3v) is 6.01. The minimum atomic E-state index is -0.940. The highest BCUT2D eigenvalue weighted by Gasteiger charge is 2.18. The molecule has 1 atom stereocenters. The number of aromatic nitrogens is 1. The molecule has 1 aromatic heterocycles. The van der Waals surface area contributed by atoms with Crippen LogP contribution in [0.15, 0.2) is 53.5 Å². The Morgan fingerprint density at radius 1 is 1.21 bits per heavy atom. The van der Waals surface area contributed by atoms with E-state index in [0.29, 0.717) is 16.4 Å². The van der Waals surface area contributed by atoms with Gasteiger partial charge in [-0.1, -0.05) is 35.6 Å². The number of aryl methyl sites for hydroxylation is 1. The van der Waals surface area contributed by atoms with Gasteiger partial charge in [-0.3, -0.25) is 9.59 Å². The molecule has 2 aromatic carbocycles. The molecule has 172 valence electrons. The molecule has 0 saturated heterocycles. The number of carbonyl (C=O) groups is 2. The van der Waals surface area contributed by atoms with Gasteiger partial charge in [-0.15, -0.1) is 0 Å². The fourth-order valence-corrected chi connectivity index (χ4v) is 4.28. The largest absolute Gasteiger partial charge is 0.497 e. The van der Waals surface area contributed by atoms with E-state index >= 15 is 0 Å². The van der Waals surface area contributed by atoms with Crippen molar-refractivity contribution in [2.75, 3.05) is 13.7 Å². The number of carboxylic acid groups (broad SMARTS) is 1. The molecule has 3 rings (SSSR count). The highest BCUT2D eigenvalue weighted by molar-refractivity contribution is 7.18. The number of amides is 1. The predicted octanol–water partition coefficient (Wildman–Crippen LogP) is 3.02. The standard InChI is InChI=1S/C23H25N5O4S/c1-13-20(33-23(27-13)28-22(24)25)15-4-3-5-16(10-15)21(31)26-12-17(11-19(29)30)14-6-8-18(32-2)9-7-14/h3-10,17H,11-12H2,1-2H3,(H,26,31)(H,29,30)(H4,24,25,27,28). The summed E-state index contributed by atoms with van der Waals surface area (Å²) in [6.45, 7) is 2.02. The number of rotatable bonds is 9. The van der Waals surface area contributed by atoms with Gasteiger partial charge in [0.05, 0.1) is 24.1 Å². The van der Waals surface area contributed by atoms with Crippen LogP contribution in [0.2, 0.25) is 0 Å². The zero-order chi connectivity index (χ0) is 24.0. The smallest absolute Gasteiger partial charge is 0.304 e. The van der Waals surface area contributed by atoms with Crippen molar-refractivity contribution >= 4 is 34.3 Å². The average molecular weight is 468 g/mol. The molecule has 1 amide bonds. The number of benzene rings is 2. The Morgan fingerprint density at radius 3 is 2.58 bits per heavy atom. The van der Waals surface area contributed by atoms with E-state index in [-0.39, 0.29) is 30.8 Å². The fourth-order valence-electron chi connectivity index (χ4n) is 3.32. The van der Waals surface area contributed by atoms with Crippen molar-refractivity contribution in [1.82, 2.24) is 10.3 Å². The van der Waals surface area contributed by atoms with E-state index in [9.17, 15) is 14.7 Å². The zero-order valence-corrected chi connectivity index (χ0v) is 19.1. The first-order valence-electron chi connectivity index (χ1n) is 10.1. The number of hydrogen-bond donors (Lipinski definition) is 4. The van der Waals surface area contributed by atoms with Crippen LogP contribution in [0.3, 0.4) is 0 Å². The number of ether oxygens (including phenoxy) is 1. The van der Waals surface area contributed by atoms with Crippen molar-refractivity contribution < 1.29 is 19.4 Å². The van der Waals surface area contributed by atoms with E-state index in [1.165, 1.54) is 11.3 Å². The first-order valence-corrected chi connectivity index (χ1v) is 10.9. The molecule has 0 aliphatic carbocycles. The van der Waals surface area contributed by atoms with Crippen LogP contribution in [0.5, 0.6) is 5.75 Å². The number of guanidine groups is 1. The normalized spacial score (nSPS) is 11.5. The summed E-state index contributed by atoms with van der Waals surface area (Å²) in [5, 5.41) is 12.6. The summed E-state index contributed by atoms with van der Waals surface area (Å²) in [6.07, 6.45) is -0.111. The second kappa shape index (κ2) is 10.6. The highest BCUT2D eigenvalue weighted by atomic mass is 32.1. The van der Waals surface area contributed by atoms with Crippen molar-refractivity contribution in [1.29, 1.82) is 0 Å². The van der Waals surface area contributed by atoms with Crippen LogP contribution in [0.1, 0.15) is 34.0 Å². The summed E-state index contributed by atoms with van der Waals surface area (Å²) in [5.74, 6) is -1.02. The maximum Gasteiger partial charge on any atom is 0.304 e. The minimum Gasteiger partial charge on any atom is -0.497 e. The number of nitrogens with one attached hydrogen (secondary N) is 1. The molecule has 0 spiro atoms. The minimum absolute atomic E-state index is 0.0730. The van der Waals surface area contributed by atoms with Gasteiger partial charge in [-0.05, 0) is 42.3 Å². The molecule has 9 nitrogen and oxygen atoms in total. The molecule has 1 heterocycles. The first-order chi connectivity index (χ1) is 15.8. The van der Waals surface area contributed by atoms with Crippen molar-refractivity contribution in [3.05, 3.63) is 65.4 Å². The van der Waals surface area contributed by atoms with Gasteiger partial charge < -0.3 is 26.6 Å². The van der Waals surface area contributed by atoms with E-state index in [0.717, 1.165) is 21.7 Å². The molecular formula is C23H25N5O4S. The Labute approximate surface area is 195 Å². The number of nitrogens with zero attached hydrogens (tertiary/aromatic N) is 2. The van der Waals surface area contributed by atoms with Gasteiger partial charge in [-0.2, -0.15) is 4.99 Å². The average Bonchev–Trinajstić information content (AvgIpc) is 3.15. The molecule has 3 aromatic rings. The Hall–Kier alpha value is -3.92. The highest BCUT2D eigenvalue weighted by Crippen LogP contribution is 2.34. The number of methoxy groups -OCH3 is 1. The zero-order valence-electron chi connectivity index (χ0n) is 18.2. The van der Waals surface area contributed by atoms with Crippen molar-refractivity contribution in [2.45, 2.75) is 19.3 Å². The summed E-state index contributed by atoms with van der Waals surface area (Å²) in [7, 11) is 1.56. The van der Waals surface area contributed by atoms with Crippen LogP contribution in [0.4, 0.5) is 5.13 Å². The lowest BCUT2D eigenvalue weighted by atomic mass is 9.95. The van der Waals surface area contributed by atoms with Crippen molar-refractivity contribution in [3.63, 3.8) is 0 Å². The van der Waals surface area contributed by atoms with E-state index in [1.807, 2.05) is 13.0 Å². The molecular weight excluding hydrogens is 442 g/mol. The molecule has 0 saturated carbocycles. The molecule has 6 N–H and O–H groups in total. The lowest BCUT2D eigenvalue weighted by molar-refractivity contribution is -0.137. The Bertz CT molecular complexity index is 1170. The van der Waals surface area contributed by atoms with Crippen LogP contribution < -0.4 is 21.5 Å². The van der Waals surface area contributed by atoms with Crippen LogP contribution in [0.25, 0.3) is 10.4 Å². The Balaban J connectivity index is 1.76. The van der Waals surface area contributed by atoms with E-state index in [1.54, 1.807) is 49.6 Å². The number of aliphatic carboxylic acids is 1. The number of aliphatic imine (C=N–C) groups is 1. The van der Waals surface area contributed by atoms with Crippen molar-refractivity contribution in [2.24, 2.45) is 16.5 Å². The molecule has 0 aliphatic rings. The summed E-state index contributed by atoms with van der Waals surface area (Å²) >= 11 is 1.32. The summed E-state index contributed by atoms with van der Waals surface area (Å²) in [4.78, 5) is 33.4. The van der Waals surface area contributed by atoms with E-state index < -0.39 is 5.97 Å². The van der Waals surface area contributed by atoms with Gasteiger partial charge in [0.2, 0.25) is 5.13 Å². The molecule has 0 fully saturated rings. The summed E-state index contributed by atoms with van der Waals surface area (Å²) in [5.41, 5.74) is 13.7.